The maximum Gasteiger partial charge on any atom is 0.293 e. The molecular weight excluding hydrogens is 428 g/mol. The molecular formula is C27H32N4O3. The summed E-state index contributed by atoms with van der Waals surface area (Å²) in [6, 6.07) is 20.5. The lowest BCUT2D eigenvalue weighted by Gasteiger charge is -2.23. The third-order valence-electron chi connectivity index (χ3n) is 5.77. The van der Waals surface area contributed by atoms with E-state index in [2.05, 4.69) is 47.6 Å². The highest BCUT2D eigenvalue weighted by molar-refractivity contribution is 6.05. The summed E-state index contributed by atoms with van der Waals surface area (Å²) in [7, 11) is 0. The summed E-state index contributed by atoms with van der Waals surface area (Å²) in [5, 5.41) is 17.7. The molecule has 1 amide bonds. The average molecular weight is 461 g/mol. The van der Waals surface area contributed by atoms with Crippen molar-refractivity contribution in [3.8, 4) is 0 Å². The van der Waals surface area contributed by atoms with Gasteiger partial charge in [-0.25, -0.2) is 0 Å². The number of hydrogen-bond acceptors (Lipinski definition) is 5. The monoisotopic (exact) mass is 460 g/mol. The van der Waals surface area contributed by atoms with Crippen LogP contribution in [-0.2, 0) is 6.42 Å². The fraction of sp³-hybridized carbons (Fsp3) is 0.296. The van der Waals surface area contributed by atoms with Gasteiger partial charge in [0, 0.05) is 42.6 Å². The molecule has 2 N–H and O–H groups in total. The van der Waals surface area contributed by atoms with Crippen LogP contribution in [0.3, 0.4) is 0 Å². The van der Waals surface area contributed by atoms with E-state index >= 15 is 0 Å². The quantitative estimate of drug-likeness (QED) is 0.207. The molecule has 3 aromatic rings. The zero-order valence-electron chi connectivity index (χ0n) is 20.0. The van der Waals surface area contributed by atoms with Gasteiger partial charge in [-0.2, -0.15) is 0 Å². The second-order valence-corrected chi connectivity index (χ2v) is 8.15. The number of carbonyl (C=O) groups is 1. The van der Waals surface area contributed by atoms with Crippen LogP contribution in [0.2, 0.25) is 0 Å². The first-order valence-corrected chi connectivity index (χ1v) is 11.7. The first-order chi connectivity index (χ1) is 16.4. The smallest absolute Gasteiger partial charge is 0.293 e. The van der Waals surface area contributed by atoms with Gasteiger partial charge in [0.1, 0.15) is 5.69 Å². The van der Waals surface area contributed by atoms with E-state index in [1.165, 1.54) is 17.3 Å². The van der Waals surface area contributed by atoms with Gasteiger partial charge in [-0.05, 0) is 68.1 Å². The topological polar surface area (TPSA) is 87.5 Å². The van der Waals surface area contributed by atoms with Gasteiger partial charge in [0.2, 0.25) is 0 Å². The summed E-state index contributed by atoms with van der Waals surface area (Å²) in [6.45, 7) is 8.50. The van der Waals surface area contributed by atoms with Crippen LogP contribution < -0.4 is 15.5 Å². The third kappa shape index (κ3) is 6.34. The molecule has 0 saturated carbocycles. The summed E-state index contributed by atoms with van der Waals surface area (Å²) in [5.41, 5.74) is 4.67. The molecule has 7 nitrogen and oxygen atoms in total. The molecule has 0 aromatic heterocycles. The minimum Gasteiger partial charge on any atom is -0.379 e. The van der Waals surface area contributed by atoms with Gasteiger partial charge >= 0.3 is 0 Å². The van der Waals surface area contributed by atoms with Crippen molar-refractivity contribution in [2.24, 2.45) is 0 Å². The Hall–Kier alpha value is -3.87. The van der Waals surface area contributed by atoms with E-state index in [0.717, 1.165) is 31.5 Å². The number of nitro benzene ring substituents is 1. The van der Waals surface area contributed by atoms with Crippen LogP contribution in [0, 0.1) is 17.0 Å². The molecule has 0 fully saturated rings. The van der Waals surface area contributed by atoms with E-state index in [0.29, 0.717) is 17.9 Å². The lowest BCUT2D eigenvalue weighted by molar-refractivity contribution is -0.384. The molecule has 0 spiro atoms. The molecule has 3 rings (SSSR count). The molecule has 3 aromatic carbocycles. The Morgan fingerprint density at radius 2 is 1.79 bits per heavy atom. The summed E-state index contributed by atoms with van der Waals surface area (Å²) in [4.78, 5) is 26.2. The maximum absolute atomic E-state index is 12.7. The zero-order chi connectivity index (χ0) is 24.5. The number of rotatable bonds is 11. The second kappa shape index (κ2) is 11.8. The molecule has 0 aliphatic rings. The maximum atomic E-state index is 12.7. The number of carbonyl (C=O) groups excluding carboxylic acids is 1. The van der Waals surface area contributed by atoms with Crippen LogP contribution in [-0.4, -0.2) is 30.5 Å². The van der Waals surface area contributed by atoms with Crippen molar-refractivity contribution >= 4 is 28.7 Å². The fourth-order valence-electron chi connectivity index (χ4n) is 3.91. The van der Waals surface area contributed by atoms with Gasteiger partial charge in [-0.1, -0.05) is 37.3 Å². The Balaban J connectivity index is 1.64. The van der Waals surface area contributed by atoms with Crippen molar-refractivity contribution < 1.29 is 9.72 Å². The van der Waals surface area contributed by atoms with Crippen molar-refractivity contribution in [2.45, 2.75) is 33.6 Å². The largest absolute Gasteiger partial charge is 0.379 e. The first-order valence-electron chi connectivity index (χ1n) is 11.7. The van der Waals surface area contributed by atoms with Gasteiger partial charge in [-0.3, -0.25) is 14.9 Å². The van der Waals surface area contributed by atoms with E-state index in [-0.39, 0.29) is 17.2 Å². The minimum atomic E-state index is -0.454. The molecule has 0 bridgehead atoms. The van der Waals surface area contributed by atoms with Crippen molar-refractivity contribution in [3.63, 3.8) is 0 Å². The van der Waals surface area contributed by atoms with Crippen molar-refractivity contribution in [1.82, 2.24) is 0 Å². The Kier molecular flexibility index (Phi) is 8.62. The van der Waals surface area contributed by atoms with E-state index in [4.69, 9.17) is 0 Å². The van der Waals surface area contributed by atoms with Crippen molar-refractivity contribution in [3.05, 3.63) is 93.5 Å². The predicted octanol–water partition coefficient (Wildman–Crippen LogP) is 6.05. The molecule has 0 unspecified atom stereocenters. The van der Waals surface area contributed by atoms with Gasteiger partial charge in [0.25, 0.3) is 11.6 Å². The number of benzene rings is 3. The molecule has 0 aliphatic carbocycles. The van der Waals surface area contributed by atoms with Crippen LogP contribution in [0.4, 0.5) is 22.7 Å². The molecule has 0 aliphatic heterocycles. The van der Waals surface area contributed by atoms with Gasteiger partial charge in [0.05, 0.1) is 4.92 Å². The van der Waals surface area contributed by atoms with Crippen LogP contribution in [0.5, 0.6) is 0 Å². The number of nitrogens with one attached hydrogen (secondary N) is 2. The fourth-order valence-corrected chi connectivity index (χ4v) is 3.91. The predicted molar refractivity (Wildman–Crippen MR) is 139 cm³/mol. The zero-order valence-corrected chi connectivity index (χ0v) is 20.0. The highest BCUT2D eigenvalue weighted by Gasteiger charge is 2.18. The highest BCUT2D eigenvalue weighted by atomic mass is 16.6. The van der Waals surface area contributed by atoms with Crippen LogP contribution in [0.15, 0.2) is 66.7 Å². The molecule has 7 heteroatoms. The number of nitrogens with zero attached hydrogens (tertiary/aromatic N) is 2. The van der Waals surface area contributed by atoms with E-state index in [9.17, 15) is 14.9 Å². The Bertz CT molecular complexity index is 1150. The Labute approximate surface area is 201 Å². The molecule has 0 radical (unpaired) electrons. The van der Waals surface area contributed by atoms with Crippen molar-refractivity contribution in [2.75, 3.05) is 35.2 Å². The lowest BCUT2D eigenvalue weighted by Crippen LogP contribution is -2.25. The SMILES string of the molecule is CCc1ccccc1NC(=O)c1ccc(NCCCN(CC)c2cccc(C)c2)c([N+](=O)[O-])c1. The lowest BCUT2D eigenvalue weighted by atomic mass is 10.1. The highest BCUT2D eigenvalue weighted by Crippen LogP contribution is 2.27. The van der Waals surface area contributed by atoms with E-state index < -0.39 is 4.92 Å². The number of para-hydroxylation sites is 1. The number of hydrogen-bond donors (Lipinski definition) is 2. The number of nitro groups is 1. The van der Waals surface area contributed by atoms with E-state index in [1.807, 2.05) is 37.3 Å². The Morgan fingerprint density at radius 3 is 2.50 bits per heavy atom. The van der Waals surface area contributed by atoms with Gasteiger partial charge in [-0.15, -0.1) is 0 Å². The van der Waals surface area contributed by atoms with Gasteiger partial charge < -0.3 is 15.5 Å². The Morgan fingerprint density at radius 1 is 1.00 bits per heavy atom. The minimum absolute atomic E-state index is 0.109. The molecule has 0 heterocycles. The van der Waals surface area contributed by atoms with Crippen LogP contribution in [0.1, 0.15) is 41.8 Å². The second-order valence-electron chi connectivity index (χ2n) is 8.15. The van der Waals surface area contributed by atoms with E-state index in [1.54, 1.807) is 12.1 Å². The summed E-state index contributed by atoms with van der Waals surface area (Å²) < 4.78 is 0. The standard InChI is InChI=1S/C27H32N4O3/c1-4-21-11-6-7-13-24(21)29-27(32)22-14-15-25(26(19-22)31(33)34)28-16-9-17-30(5-2)23-12-8-10-20(3)18-23/h6-8,10-15,18-19,28H,4-5,9,16-17H2,1-3H3,(H,29,32). The summed E-state index contributed by atoms with van der Waals surface area (Å²) >= 11 is 0. The third-order valence-corrected chi connectivity index (χ3v) is 5.77. The molecule has 178 valence electrons. The molecule has 0 saturated heterocycles. The molecule has 0 atom stereocenters. The number of anilines is 3. The number of amides is 1. The first kappa shape index (κ1) is 24.8. The number of aryl methyl sites for hydroxylation is 2. The average Bonchev–Trinajstić information content (AvgIpc) is 2.84. The van der Waals surface area contributed by atoms with Crippen molar-refractivity contribution in [1.29, 1.82) is 0 Å². The summed E-state index contributed by atoms with van der Waals surface area (Å²) in [5.74, 6) is -0.368. The van der Waals surface area contributed by atoms with Crippen LogP contribution >= 0.6 is 0 Å². The normalized spacial score (nSPS) is 10.6. The summed E-state index contributed by atoms with van der Waals surface area (Å²) in [6.07, 6.45) is 1.59. The van der Waals surface area contributed by atoms with Crippen LogP contribution in [0.25, 0.3) is 0 Å². The molecule has 34 heavy (non-hydrogen) atoms. The van der Waals surface area contributed by atoms with Gasteiger partial charge in [0.15, 0.2) is 0 Å².